The summed E-state index contributed by atoms with van der Waals surface area (Å²) in [5.41, 5.74) is 7.13. The Morgan fingerprint density at radius 2 is 1.90 bits per heavy atom. The van der Waals surface area contributed by atoms with Gasteiger partial charge in [-0.3, -0.25) is 4.99 Å². The molecular weight excluding hydrogens is 250 g/mol. The summed E-state index contributed by atoms with van der Waals surface area (Å²) in [6.45, 7) is 0.742. The van der Waals surface area contributed by atoms with Gasteiger partial charge in [-0.15, -0.1) is 0 Å². The largest absolute Gasteiger partial charge is 0.508 e. The molecule has 4 heteroatoms. The minimum absolute atomic E-state index is 0.313. The highest BCUT2D eigenvalue weighted by Gasteiger charge is 2.12. The van der Waals surface area contributed by atoms with Crippen molar-refractivity contribution >= 4 is 5.96 Å². The molecule has 0 aliphatic heterocycles. The molecule has 0 radical (unpaired) electrons. The molecule has 0 heterocycles. The van der Waals surface area contributed by atoms with E-state index in [-0.39, 0.29) is 0 Å². The fourth-order valence-corrected chi connectivity index (χ4v) is 2.65. The van der Waals surface area contributed by atoms with Crippen LogP contribution in [0.4, 0.5) is 0 Å². The molecule has 4 N–H and O–H groups in total. The zero-order valence-corrected chi connectivity index (χ0v) is 12.0. The van der Waals surface area contributed by atoms with Crippen LogP contribution in [0, 0.1) is 0 Å². The fourth-order valence-electron chi connectivity index (χ4n) is 2.65. The van der Waals surface area contributed by atoms with E-state index in [0.29, 0.717) is 17.8 Å². The van der Waals surface area contributed by atoms with Gasteiger partial charge in [0.05, 0.1) is 0 Å². The summed E-state index contributed by atoms with van der Waals surface area (Å²) in [4.78, 5) is 4.38. The van der Waals surface area contributed by atoms with Crippen LogP contribution in [0.1, 0.15) is 44.1 Å². The van der Waals surface area contributed by atoms with Crippen molar-refractivity contribution in [3.8, 4) is 5.75 Å². The molecule has 0 bridgehead atoms. The SMILES string of the molecule is NC(=NCCCc1ccc(O)cc1)NC1CCCCC1. The Labute approximate surface area is 121 Å². The van der Waals surface area contributed by atoms with Crippen LogP contribution < -0.4 is 11.1 Å². The molecule has 0 atom stereocenters. The normalized spacial score (nSPS) is 17.1. The second-order valence-electron chi connectivity index (χ2n) is 5.52. The number of benzene rings is 1. The number of hydrogen-bond acceptors (Lipinski definition) is 2. The van der Waals surface area contributed by atoms with Crippen molar-refractivity contribution in [2.75, 3.05) is 6.54 Å². The predicted molar refractivity (Wildman–Crippen MR) is 82.9 cm³/mol. The Morgan fingerprint density at radius 1 is 1.20 bits per heavy atom. The van der Waals surface area contributed by atoms with E-state index < -0.39 is 0 Å². The Balaban J connectivity index is 1.65. The fraction of sp³-hybridized carbons (Fsp3) is 0.562. The van der Waals surface area contributed by atoms with Crippen molar-refractivity contribution in [1.82, 2.24) is 5.32 Å². The second kappa shape index (κ2) is 7.78. The third-order valence-corrected chi connectivity index (χ3v) is 3.80. The van der Waals surface area contributed by atoms with E-state index in [2.05, 4.69) is 10.3 Å². The van der Waals surface area contributed by atoms with Gasteiger partial charge < -0.3 is 16.2 Å². The molecule has 0 aromatic heterocycles. The van der Waals surface area contributed by atoms with E-state index in [1.165, 1.54) is 37.7 Å². The molecular formula is C16H25N3O. The smallest absolute Gasteiger partial charge is 0.188 e. The number of phenols is 1. The van der Waals surface area contributed by atoms with Crippen LogP contribution in [0.5, 0.6) is 5.75 Å². The van der Waals surface area contributed by atoms with E-state index in [0.717, 1.165) is 19.4 Å². The van der Waals surface area contributed by atoms with Gasteiger partial charge in [-0.2, -0.15) is 0 Å². The highest BCUT2D eigenvalue weighted by Crippen LogP contribution is 2.17. The molecule has 0 saturated heterocycles. The Bertz CT molecular complexity index is 422. The van der Waals surface area contributed by atoms with Gasteiger partial charge in [-0.1, -0.05) is 31.4 Å². The zero-order valence-electron chi connectivity index (χ0n) is 12.0. The van der Waals surface area contributed by atoms with Crippen molar-refractivity contribution in [2.45, 2.75) is 51.0 Å². The van der Waals surface area contributed by atoms with Gasteiger partial charge in [0.1, 0.15) is 5.75 Å². The Kier molecular flexibility index (Phi) is 5.71. The minimum atomic E-state index is 0.313. The van der Waals surface area contributed by atoms with Gasteiger partial charge in [0.2, 0.25) is 0 Å². The lowest BCUT2D eigenvalue weighted by Gasteiger charge is -2.23. The molecule has 0 amide bonds. The van der Waals surface area contributed by atoms with Crippen LogP contribution in [0.2, 0.25) is 0 Å². The third-order valence-electron chi connectivity index (χ3n) is 3.80. The van der Waals surface area contributed by atoms with Gasteiger partial charge >= 0.3 is 0 Å². The number of guanidine groups is 1. The lowest BCUT2D eigenvalue weighted by atomic mass is 9.96. The first-order valence-corrected chi connectivity index (χ1v) is 7.58. The summed E-state index contributed by atoms with van der Waals surface area (Å²) in [6, 6.07) is 7.85. The van der Waals surface area contributed by atoms with Gasteiger partial charge in [0.25, 0.3) is 0 Å². The average Bonchev–Trinajstić information content (AvgIpc) is 2.46. The van der Waals surface area contributed by atoms with Crippen LogP contribution in [0.25, 0.3) is 0 Å². The predicted octanol–water partition coefficient (Wildman–Crippen LogP) is 2.56. The first-order valence-electron chi connectivity index (χ1n) is 7.58. The molecule has 1 saturated carbocycles. The maximum atomic E-state index is 9.21. The molecule has 4 nitrogen and oxygen atoms in total. The van der Waals surface area contributed by atoms with E-state index >= 15 is 0 Å². The van der Waals surface area contributed by atoms with Crippen molar-refractivity contribution in [3.63, 3.8) is 0 Å². The maximum Gasteiger partial charge on any atom is 0.188 e. The average molecular weight is 275 g/mol. The standard InChI is InChI=1S/C16H25N3O/c17-16(19-14-6-2-1-3-7-14)18-12-4-5-13-8-10-15(20)11-9-13/h8-11,14,20H,1-7,12H2,(H3,17,18,19). The first kappa shape index (κ1) is 14.7. The van der Waals surface area contributed by atoms with Crippen LogP contribution in [-0.2, 0) is 6.42 Å². The monoisotopic (exact) mass is 275 g/mol. The number of nitrogens with two attached hydrogens (primary N) is 1. The summed E-state index contributed by atoms with van der Waals surface area (Å²) in [5, 5.41) is 12.5. The van der Waals surface area contributed by atoms with Crippen molar-refractivity contribution < 1.29 is 5.11 Å². The molecule has 1 aliphatic carbocycles. The number of phenolic OH excluding ortho intramolecular Hbond substituents is 1. The second-order valence-corrected chi connectivity index (χ2v) is 5.52. The summed E-state index contributed by atoms with van der Waals surface area (Å²) in [5.74, 6) is 0.898. The molecule has 1 fully saturated rings. The Morgan fingerprint density at radius 3 is 2.60 bits per heavy atom. The number of nitrogens with zero attached hydrogens (tertiary/aromatic N) is 1. The van der Waals surface area contributed by atoms with Gasteiger partial charge in [0.15, 0.2) is 5.96 Å². The lowest BCUT2D eigenvalue weighted by molar-refractivity contribution is 0.412. The highest BCUT2D eigenvalue weighted by atomic mass is 16.3. The van der Waals surface area contributed by atoms with Crippen molar-refractivity contribution in [2.24, 2.45) is 10.7 Å². The topological polar surface area (TPSA) is 70.6 Å². The molecule has 1 aliphatic rings. The highest BCUT2D eigenvalue weighted by molar-refractivity contribution is 5.78. The summed E-state index contributed by atoms with van der Waals surface area (Å²) < 4.78 is 0. The van der Waals surface area contributed by atoms with Crippen LogP contribution in [0.3, 0.4) is 0 Å². The van der Waals surface area contributed by atoms with Crippen LogP contribution >= 0.6 is 0 Å². The molecule has 0 spiro atoms. The lowest BCUT2D eigenvalue weighted by Crippen LogP contribution is -2.41. The van der Waals surface area contributed by atoms with E-state index in [1.54, 1.807) is 12.1 Å². The van der Waals surface area contributed by atoms with Gasteiger partial charge in [0, 0.05) is 12.6 Å². The van der Waals surface area contributed by atoms with E-state index in [9.17, 15) is 5.11 Å². The number of hydrogen-bond donors (Lipinski definition) is 3. The van der Waals surface area contributed by atoms with Gasteiger partial charge in [-0.25, -0.2) is 0 Å². The third kappa shape index (κ3) is 5.11. The van der Waals surface area contributed by atoms with E-state index in [4.69, 9.17) is 5.73 Å². The number of aromatic hydroxyl groups is 1. The van der Waals surface area contributed by atoms with Gasteiger partial charge in [-0.05, 0) is 43.4 Å². The summed E-state index contributed by atoms with van der Waals surface area (Å²) >= 11 is 0. The number of aliphatic imine (C=N–C) groups is 1. The number of aryl methyl sites for hydroxylation is 1. The zero-order chi connectivity index (χ0) is 14.2. The van der Waals surface area contributed by atoms with Crippen molar-refractivity contribution in [3.05, 3.63) is 29.8 Å². The molecule has 1 aromatic carbocycles. The molecule has 0 unspecified atom stereocenters. The summed E-state index contributed by atoms with van der Waals surface area (Å²) in [7, 11) is 0. The maximum absolute atomic E-state index is 9.21. The molecule has 1 aromatic rings. The molecule has 20 heavy (non-hydrogen) atoms. The number of nitrogens with one attached hydrogen (secondary N) is 1. The van der Waals surface area contributed by atoms with E-state index in [1.807, 2.05) is 12.1 Å². The van der Waals surface area contributed by atoms with Crippen molar-refractivity contribution in [1.29, 1.82) is 0 Å². The minimum Gasteiger partial charge on any atom is -0.508 e. The van der Waals surface area contributed by atoms with Crippen LogP contribution in [0.15, 0.2) is 29.3 Å². The first-order chi connectivity index (χ1) is 9.74. The number of rotatable bonds is 5. The molecule has 2 rings (SSSR count). The van der Waals surface area contributed by atoms with Crippen LogP contribution in [-0.4, -0.2) is 23.7 Å². The Hall–Kier alpha value is -1.71. The quantitative estimate of drug-likeness (QED) is 0.439. The summed E-state index contributed by atoms with van der Waals surface area (Å²) in [6.07, 6.45) is 8.30. The molecule has 110 valence electrons.